The predicted molar refractivity (Wildman–Crippen MR) is 47.1 cm³/mol. The molecule has 0 N–H and O–H groups in total. The Balaban J connectivity index is 3.25. The highest BCUT2D eigenvalue weighted by Crippen LogP contribution is 2.36. The third-order valence-electron chi connectivity index (χ3n) is 2.13. The second-order valence-electron chi connectivity index (χ2n) is 3.07. The lowest BCUT2D eigenvalue weighted by molar-refractivity contribution is 0.138. The molecule has 1 aliphatic rings. The molecule has 0 aromatic carbocycles. The maximum atomic E-state index is 8.91. The van der Waals surface area contributed by atoms with E-state index in [1.54, 1.807) is 13.8 Å². The topological polar surface area (TPSA) is 56.8 Å². The second-order valence-corrected chi connectivity index (χ2v) is 3.07. The highest BCUT2D eigenvalue weighted by molar-refractivity contribution is 5.42. The first-order chi connectivity index (χ1) is 6.05. The van der Waals surface area contributed by atoms with Crippen molar-refractivity contribution in [3.8, 4) is 12.1 Å². The van der Waals surface area contributed by atoms with Gasteiger partial charge in [0, 0.05) is 5.57 Å². The first-order valence-corrected chi connectivity index (χ1v) is 3.93. The summed E-state index contributed by atoms with van der Waals surface area (Å²) in [4.78, 5) is 0. The van der Waals surface area contributed by atoms with Gasteiger partial charge < -0.3 is 4.74 Å². The fourth-order valence-electron chi connectivity index (χ4n) is 1.34. The van der Waals surface area contributed by atoms with Crippen LogP contribution in [0.15, 0.2) is 24.0 Å². The summed E-state index contributed by atoms with van der Waals surface area (Å²) in [6, 6.07) is 3.92. The quantitative estimate of drug-likeness (QED) is 0.527. The van der Waals surface area contributed by atoms with Gasteiger partial charge in [-0.1, -0.05) is 6.58 Å². The summed E-state index contributed by atoms with van der Waals surface area (Å²) in [6.07, 6.45) is 1.24. The Labute approximate surface area is 77.5 Å². The molecule has 0 amide bonds. The van der Waals surface area contributed by atoms with Crippen LogP contribution in [0.3, 0.4) is 0 Å². The molecule has 0 fully saturated rings. The SMILES string of the molecule is C=C1C(C)OC(C)=CC1(C#N)C#N. The van der Waals surface area contributed by atoms with Gasteiger partial charge >= 0.3 is 0 Å². The molecule has 3 heteroatoms. The van der Waals surface area contributed by atoms with Crippen LogP contribution in [-0.4, -0.2) is 6.10 Å². The van der Waals surface area contributed by atoms with E-state index in [1.165, 1.54) is 6.08 Å². The van der Waals surface area contributed by atoms with Gasteiger partial charge in [-0.05, 0) is 19.9 Å². The molecule has 13 heavy (non-hydrogen) atoms. The van der Waals surface area contributed by atoms with Crippen molar-refractivity contribution in [1.82, 2.24) is 0 Å². The van der Waals surface area contributed by atoms with Gasteiger partial charge in [-0.25, -0.2) is 0 Å². The molecule has 0 spiro atoms. The van der Waals surface area contributed by atoms with Gasteiger partial charge in [-0.3, -0.25) is 0 Å². The Kier molecular flexibility index (Phi) is 2.12. The molecule has 0 aromatic heterocycles. The van der Waals surface area contributed by atoms with Crippen molar-refractivity contribution in [3.05, 3.63) is 24.0 Å². The van der Waals surface area contributed by atoms with Crippen LogP contribution in [-0.2, 0) is 4.74 Å². The Hall–Kier alpha value is -1.74. The first-order valence-electron chi connectivity index (χ1n) is 3.93. The van der Waals surface area contributed by atoms with Crippen molar-refractivity contribution < 1.29 is 4.74 Å². The van der Waals surface area contributed by atoms with Crippen LogP contribution in [0.2, 0.25) is 0 Å². The fourth-order valence-corrected chi connectivity index (χ4v) is 1.34. The van der Waals surface area contributed by atoms with Gasteiger partial charge in [0.2, 0.25) is 0 Å². The van der Waals surface area contributed by atoms with E-state index in [-0.39, 0.29) is 6.10 Å². The summed E-state index contributed by atoms with van der Waals surface area (Å²) in [5.41, 5.74) is -0.704. The molecule has 0 saturated heterocycles. The predicted octanol–water partition coefficient (Wildman–Crippen LogP) is 1.90. The normalized spacial score (nSPS) is 25.1. The van der Waals surface area contributed by atoms with Crippen LogP contribution >= 0.6 is 0 Å². The summed E-state index contributed by atoms with van der Waals surface area (Å²) in [6.45, 7) is 7.22. The van der Waals surface area contributed by atoms with E-state index in [9.17, 15) is 0 Å². The maximum Gasteiger partial charge on any atom is 0.189 e. The van der Waals surface area contributed by atoms with Crippen LogP contribution in [0.4, 0.5) is 0 Å². The maximum absolute atomic E-state index is 8.91. The van der Waals surface area contributed by atoms with Gasteiger partial charge in [0.25, 0.3) is 0 Å². The van der Waals surface area contributed by atoms with Crippen molar-refractivity contribution in [2.24, 2.45) is 5.41 Å². The minimum Gasteiger partial charge on any atom is -0.491 e. The van der Waals surface area contributed by atoms with Crippen LogP contribution in [0.5, 0.6) is 0 Å². The highest BCUT2D eigenvalue weighted by Gasteiger charge is 2.38. The van der Waals surface area contributed by atoms with E-state index in [1.807, 2.05) is 12.1 Å². The number of nitriles is 2. The minimum atomic E-state index is -1.21. The monoisotopic (exact) mass is 174 g/mol. The number of hydrogen-bond donors (Lipinski definition) is 0. The third kappa shape index (κ3) is 1.29. The average molecular weight is 174 g/mol. The molecule has 66 valence electrons. The zero-order chi connectivity index (χ0) is 10.1. The third-order valence-corrected chi connectivity index (χ3v) is 2.13. The molecule has 1 aliphatic heterocycles. The van der Waals surface area contributed by atoms with Crippen molar-refractivity contribution >= 4 is 0 Å². The molecule has 0 aliphatic carbocycles. The van der Waals surface area contributed by atoms with E-state index < -0.39 is 5.41 Å². The number of rotatable bonds is 0. The lowest BCUT2D eigenvalue weighted by Crippen LogP contribution is -2.29. The number of nitrogens with zero attached hydrogens (tertiary/aromatic N) is 2. The fraction of sp³-hybridized carbons (Fsp3) is 0.400. The standard InChI is InChI=1S/C10H10N2O/c1-7-4-10(5-11,6-12)8(2)9(3)13-7/h4,9H,2H2,1,3H3. The van der Waals surface area contributed by atoms with Gasteiger partial charge in [-0.15, -0.1) is 0 Å². The Morgan fingerprint density at radius 1 is 1.54 bits per heavy atom. The molecule has 1 rings (SSSR count). The molecule has 1 heterocycles. The van der Waals surface area contributed by atoms with Crippen LogP contribution in [0.25, 0.3) is 0 Å². The number of hydrogen-bond acceptors (Lipinski definition) is 3. The molecular weight excluding hydrogens is 164 g/mol. The largest absolute Gasteiger partial charge is 0.491 e. The Morgan fingerprint density at radius 2 is 2.08 bits per heavy atom. The van der Waals surface area contributed by atoms with Crippen LogP contribution < -0.4 is 0 Å². The van der Waals surface area contributed by atoms with Gasteiger partial charge in [0.05, 0.1) is 17.9 Å². The summed E-state index contributed by atoms with van der Waals surface area (Å²) in [5, 5.41) is 17.8. The molecular formula is C10H10N2O. The van der Waals surface area contributed by atoms with Crippen LogP contribution in [0, 0.1) is 28.1 Å². The van der Waals surface area contributed by atoms with E-state index >= 15 is 0 Å². The van der Waals surface area contributed by atoms with Crippen molar-refractivity contribution in [1.29, 1.82) is 10.5 Å². The van der Waals surface area contributed by atoms with Crippen molar-refractivity contribution in [3.63, 3.8) is 0 Å². The molecule has 0 aromatic rings. The zero-order valence-corrected chi connectivity index (χ0v) is 7.66. The molecule has 1 atom stereocenters. The van der Waals surface area contributed by atoms with Crippen molar-refractivity contribution in [2.75, 3.05) is 0 Å². The second kappa shape index (κ2) is 2.95. The first kappa shape index (κ1) is 9.35. The summed E-state index contributed by atoms with van der Waals surface area (Å²) in [7, 11) is 0. The van der Waals surface area contributed by atoms with Crippen LogP contribution in [0.1, 0.15) is 13.8 Å². The summed E-state index contributed by atoms with van der Waals surface area (Å²) < 4.78 is 5.32. The smallest absolute Gasteiger partial charge is 0.189 e. The lowest BCUT2D eigenvalue weighted by Gasteiger charge is -2.29. The van der Waals surface area contributed by atoms with Gasteiger partial charge in [0.15, 0.2) is 5.41 Å². The molecule has 0 bridgehead atoms. The Bertz CT molecular complexity index is 340. The summed E-state index contributed by atoms with van der Waals surface area (Å²) >= 11 is 0. The van der Waals surface area contributed by atoms with E-state index in [2.05, 4.69) is 6.58 Å². The molecule has 3 nitrogen and oxygen atoms in total. The zero-order valence-electron chi connectivity index (χ0n) is 7.66. The van der Waals surface area contributed by atoms with E-state index in [0.29, 0.717) is 11.3 Å². The minimum absolute atomic E-state index is 0.274. The van der Waals surface area contributed by atoms with E-state index in [0.717, 1.165) is 0 Å². The van der Waals surface area contributed by atoms with E-state index in [4.69, 9.17) is 15.3 Å². The molecule has 0 saturated carbocycles. The summed E-state index contributed by atoms with van der Waals surface area (Å²) in [5.74, 6) is 0.600. The molecule has 1 unspecified atom stereocenters. The lowest BCUT2D eigenvalue weighted by atomic mass is 9.79. The molecule has 0 radical (unpaired) electrons. The highest BCUT2D eigenvalue weighted by atomic mass is 16.5. The number of ether oxygens (including phenoxy) is 1. The number of allylic oxidation sites excluding steroid dienone is 2. The average Bonchev–Trinajstić information content (AvgIpc) is 2.11. The van der Waals surface area contributed by atoms with Gasteiger partial charge in [-0.2, -0.15) is 10.5 Å². The Morgan fingerprint density at radius 3 is 2.54 bits per heavy atom. The van der Waals surface area contributed by atoms with Gasteiger partial charge in [0.1, 0.15) is 6.10 Å². The van der Waals surface area contributed by atoms with Crippen molar-refractivity contribution in [2.45, 2.75) is 20.0 Å².